The van der Waals surface area contributed by atoms with Crippen LogP contribution in [0.1, 0.15) is 30.9 Å². The van der Waals surface area contributed by atoms with Crippen LogP contribution in [0.15, 0.2) is 18.2 Å². The summed E-state index contributed by atoms with van der Waals surface area (Å²) in [6, 6.07) is 5.79. The van der Waals surface area contributed by atoms with Crippen LogP contribution in [-0.2, 0) is 14.8 Å². The van der Waals surface area contributed by atoms with Crippen LogP contribution in [0.4, 0.5) is 5.69 Å². The Morgan fingerprint density at radius 2 is 2.09 bits per heavy atom. The molecule has 1 heterocycles. The molecule has 0 saturated carbocycles. The third kappa shape index (κ3) is 3.67. The molecule has 1 fully saturated rings. The van der Waals surface area contributed by atoms with Gasteiger partial charge in [-0.3, -0.25) is 4.79 Å². The molecule has 22 heavy (non-hydrogen) atoms. The predicted molar refractivity (Wildman–Crippen MR) is 88.3 cm³/mol. The Labute approximate surface area is 132 Å². The molecular formula is C16H24N2O3S. The van der Waals surface area contributed by atoms with Gasteiger partial charge in [0.15, 0.2) is 0 Å². The van der Waals surface area contributed by atoms with Crippen LogP contribution in [0.5, 0.6) is 0 Å². The molecular weight excluding hydrogens is 300 g/mol. The number of hydrogen-bond acceptors (Lipinski definition) is 3. The van der Waals surface area contributed by atoms with E-state index < -0.39 is 10.0 Å². The standard InChI is InChI=1S/C16H24N2O3S/c1-4-22(20,21)18-10-6-8-14(11-18)16(19)17-15-9-5-7-12(2)13(15)3/h5,7,9,14H,4,6,8,10-11H2,1-3H3,(H,17,19). The van der Waals surface area contributed by atoms with E-state index in [9.17, 15) is 13.2 Å². The number of benzene rings is 1. The quantitative estimate of drug-likeness (QED) is 0.924. The van der Waals surface area contributed by atoms with E-state index in [1.54, 1.807) is 6.92 Å². The zero-order valence-corrected chi connectivity index (χ0v) is 14.2. The highest BCUT2D eigenvalue weighted by Gasteiger charge is 2.31. The second kappa shape index (κ2) is 6.79. The molecule has 1 aromatic carbocycles. The van der Waals surface area contributed by atoms with Crippen LogP contribution >= 0.6 is 0 Å². The summed E-state index contributed by atoms with van der Waals surface area (Å²) in [6.45, 7) is 6.41. The van der Waals surface area contributed by atoms with Crippen molar-refractivity contribution >= 4 is 21.6 Å². The zero-order valence-electron chi connectivity index (χ0n) is 13.4. The maximum Gasteiger partial charge on any atom is 0.228 e. The first kappa shape index (κ1) is 17.0. The fourth-order valence-corrected chi connectivity index (χ4v) is 3.89. The van der Waals surface area contributed by atoms with Gasteiger partial charge in [-0.1, -0.05) is 12.1 Å². The van der Waals surface area contributed by atoms with E-state index in [-0.39, 0.29) is 24.1 Å². The maximum atomic E-state index is 12.5. The van der Waals surface area contributed by atoms with E-state index in [4.69, 9.17) is 0 Å². The largest absolute Gasteiger partial charge is 0.326 e. The van der Waals surface area contributed by atoms with E-state index in [1.165, 1.54) is 4.31 Å². The van der Waals surface area contributed by atoms with E-state index >= 15 is 0 Å². The first-order valence-corrected chi connectivity index (χ1v) is 9.31. The summed E-state index contributed by atoms with van der Waals surface area (Å²) in [5, 5.41) is 2.95. The van der Waals surface area contributed by atoms with Crippen LogP contribution < -0.4 is 5.32 Å². The first-order valence-electron chi connectivity index (χ1n) is 7.70. The van der Waals surface area contributed by atoms with Gasteiger partial charge in [-0.05, 0) is 50.8 Å². The van der Waals surface area contributed by atoms with Gasteiger partial charge in [0.1, 0.15) is 0 Å². The molecule has 1 aliphatic rings. The van der Waals surface area contributed by atoms with Gasteiger partial charge >= 0.3 is 0 Å². The van der Waals surface area contributed by atoms with Crippen molar-refractivity contribution in [2.45, 2.75) is 33.6 Å². The molecule has 0 bridgehead atoms. The number of rotatable bonds is 4. The average Bonchev–Trinajstić information content (AvgIpc) is 2.52. The van der Waals surface area contributed by atoms with Gasteiger partial charge in [-0.15, -0.1) is 0 Å². The van der Waals surface area contributed by atoms with Gasteiger partial charge in [0.2, 0.25) is 15.9 Å². The molecule has 1 aliphatic heterocycles. The third-order valence-electron chi connectivity index (χ3n) is 4.38. The smallest absolute Gasteiger partial charge is 0.228 e. The molecule has 1 unspecified atom stereocenters. The van der Waals surface area contributed by atoms with Crippen molar-refractivity contribution in [3.63, 3.8) is 0 Å². The second-order valence-electron chi connectivity index (χ2n) is 5.83. The third-order valence-corrected chi connectivity index (χ3v) is 6.22. The van der Waals surface area contributed by atoms with E-state index in [2.05, 4.69) is 5.32 Å². The average molecular weight is 324 g/mol. The van der Waals surface area contributed by atoms with Crippen molar-refractivity contribution in [3.05, 3.63) is 29.3 Å². The summed E-state index contributed by atoms with van der Waals surface area (Å²) >= 11 is 0. The second-order valence-corrected chi connectivity index (χ2v) is 8.09. The Kier molecular flexibility index (Phi) is 5.24. The number of piperidine rings is 1. The van der Waals surface area contributed by atoms with E-state index in [0.717, 1.165) is 29.7 Å². The number of nitrogens with zero attached hydrogens (tertiary/aromatic N) is 1. The molecule has 1 atom stereocenters. The number of amides is 1. The molecule has 5 nitrogen and oxygen atoms in total. The number of nitrogens with one attached hydrogen (secondary N) is 1. The minimum absolute atomic E-state index is 0.0817. The summed E-state index contributed by atoms with van der Waals surface area (Å²) in [5.41, 5.74) is 2.97. The number of carbonyl (C=O) groups is 1. The molecule has 1 N–H and O–H groups in total. The predicted octanol–water partition coefficient (Wildman–Crippen LogP) is 2.30. The number of sulfonamides is 1. The van der Waals surface area contributed by atoms with Crippen LogP contribution in [0.2, 0.25) is 0 Å². The van der Waals surface area contributed by atoms with Gasteiger partial charge < -0.3 is 5.32 Å². The molecule has 0 aliphatic carbocycles. The summed E-state index contributed by atoms with van der Waals surface area (Å²) in [5.74, 6) is -0.294. The minimum Gasteiger partial charge on any atom is -0.326 e. The minimum atomic E-state index is -3.22. The van der Waals surface area contributed by atoms with E-state index in [1.807, 2.05) is 32.0 Å². The Morgan fingerprint density at radius 3 is 2.77 bits per heavy atom. The Balaban J connectivity index is 2.08. The lowest BCUT2D eigenvalue weighted by Crippen LogP contribution is -2.44. The van der Waals surface area contributed by atoms with Gasteiger partial charge in [-0.2, -0.15) is 0 Å². The molecule has 2 rings (SSSR count). The lowest BCUT2D eigenvalue weighted by atomic mass is 9.98. The molecule has 6 heteroatoms. The first-order chi connectivity index (χ1) is 10.3. The van der Waals surface area contributed by atoms with Crippen molar-refractivity contribution in [3.8, 4) is 0 Å². The number of hydrogen-bond donors (Lipinski definition) is 1. The molecule has 1 aromatic rings. The van der Waals surface area contributed by atoms with Gasteiger partial charge in [0, 0.05) is 18.8 Å². The summed E-state index contributed by atoms with van der Waals surface area (Å²) < 4.78 is 25.4. The maximum absolute atomic E-state index is 12.5. The van der Waals surface area contributed by atoms with Crippen molar-refractivity contribution in [2.24, 2.45) is 5.92 Å². The lowest BCUT2D eigenvalue weighted by molar-refractivity contribution is -0.120. The van der Waals surface area contributed by atoms with Gasteiger partial charge in [0.25, 0.3) is 0 Å². The number of carbonyl (C=O) groups excluding carboxylic acids is 1. The normalized spacial score (nSPS) is 19.9. The van der Waals surface area contributed by atoms with Crippen LogP contribution in [0.3, 0.4) is 0 Å². The number of aryl methyl sites for hydroxylation is 1. The summed E-state index contributed by atoms with van der Waals surface area (Å²) in [7, 11) is -3.22. The van der Waals surface area contributed by atoms with Crippen molar-refractivity contribution < 1.29 is 13.2 Å². The highest BCUT2D eigenvalue weighted by Crippen LogP contribution is 2.23. The Morgan fingerprint density at radius 1 is 1.36 bits per heavy atom. The van der Waals surface area contributed by atoms with E-state index in [0.29, 0.717) is 6.54 Å². The fraction of sp³-hybridized carbons (Fsp3) is 0.562. The summed E-state index contributed by atoms with van der Waals surface area (Å²) in [4.78, 5) is 12.5. The monoisotopic (exact) mass is 324 g/mol. The molecule has 0 radical (unpaired) electrons. The van der Waals surface area contributed by atoms with Crippen molar-refractivity contribution in [1.82, 2.24) is 4.31 Å². The number of anilines is 1. The molecule has 122 valence electrons. The molecule has 0 spiro atoms. The highest BCUT2D eigenvalue weighted by molar-refractivity contribution is 7.89. The topological polar surface area (TPSA) is 66.5 Å². The van der Waals surface area contributed by atoms with Crippen LogP contribution in [0, 0.1) is 19.8 Å². The molecule has 1 amide bonds. The SMILES string of the molecule is CCS(=O)(=O)N1CCCC(C(=O)Nc2cccc(C)c2C)C1. The zero-order chi connectivity index (χ0) is 16.3. The lowest BCUT2D eigenvalue weighted by Gasteiger charge is -2.31. The molecule has 0 aromatic heterocycles. The Bertz CT molecular complexity index is 655. The van der Waals surface area contributed by atoms with Gasteiger partial charge in [-0.25, -0.2) is 12.7 Å². The highest BCUT2D eigenvalue weighted by atomic mass is 32.2. The van der Waals surface area contributed by atoms with Gasteiger partial charge in [0.05, 0.1) is 11.7 Å². The van der Waals surface area contributed by atoms with Crippen LogP contribution in [0.25, 0.3) is 0 Å². The fourth-order valence-electron chi connectivity index (χ4n) is 2.71. The Hall–Kier alpha value is -1.40. The summed E-state index contributed by atoms with van der Waals surface area (Å²) in [6.07, 6.45) is 1.45. The van der Waals surface area contributed by atoms with Crippen LogP contribution in [-0.4, -0.2) is 37.5 Å². The molecule has 1 saturated heterocycles. The van der Waals surface area contributed by atoms with Crippen molar-refractivity contribution in [1.29, 1.82) is 0 Å². The van der Waals surface area contributed by atoms with Crippen molar-refractivity contribution in [2.75, 3.05) is 24.2 Å².